The third kappa shape index (κ3) is 2.87. The lowest BCUT2D eigenvalue weighted by atomic mass is 10.1. The van der Waals surface area contributed by atoms with Gasteiger partial charge < -0.3 is 5.11 Å². The summed E-state index contributed by atoms with van der Waals surface area (Å²) < 4.78 is 12.8. The quantitative estimate of drug-likeness (QED) is 0.748. The van der Waals surface area contributed by atoms with Gasteiger partial charge in [-0.15, -0.1) is 0 Å². The van der Waals surface area contributed by atoms with E-state index in [0.29, 0.717) is 0 Å². The number of carboxylic acid groups (broad SMARTS) is 1. The fourth-order valence-corrected chi connectivity index (χ4v) is 0.758. The number of nitriles is 1. The molecule has 14 heavy (non-hydrogen) atoms. The van der Waals surface area contributed by atoms with Crippen molar-refractivity contribution >= 4 is 5.97 Å². The third-order valence-electron chi connectivity index (χ3n) is 1.33. The van der Waals surface area contributed by atoms with Crippen molar-refractivity contribution in [3.8, 4) is 6.07 Å². The molecule has 0 saturated carbocycles. The normalized spacial score (nSPS) is 8.14. The predicted molar refractivity (Wildman–Crippen MR) is 49.4 cm³/mol. The number of hydrogen-bond acceptors (Lipinski definition) is 2. The van der Waals surface area contributed by atoms with Crippen molar-refractivity contribution in [3.05, 3.63) is 35.1 Å². The molecule has 0 unspecified atom stereocenters. The van der Waals surface area contributed by atoms with Crippen molar-refractivity contribution in [3.63, 3.8) is 0 Å². The summed E-state index contributed by atoms with van der Waals surface area (Å²) in [6.07, 6.45) is 0. The van der Waals surface area contributed by atoms with Crippen LogP contribution >= 0.6 is 0 Å². The van der Waals surface area contributed by atoms with Gasteiger partial charge in [0.15, 0.2) is 0 Å². The molecule has 0 aromatic heterocycles. The van der Waals surface area contributed by atoms with Crippen LogP contribution in [0.4, 0.5) is 4.39 Å². The Kier molecular flexibility index (Phi) is 4.93. The molecule has 0 radical (unpaired) electrons. The average Bonchev–Trinajstić information content (AvgIpc) is 2.20. The first-order chi connectivity index (χ1) is 6.65. The molecular formula is C10H10FNO2. The number of hydrogen-bond donors (Lipinski definition) is 1. The molecule has 4 heteroatoms. The number of carbonyl (C=O) groups is 1. The summed E-state index contributed by atoms with van der Waals surface area (Å²) >= 11 is 0. The fourth-order valence-electron chi connectivity index (χ4n) is 0.758. The molecule has 1 aromatic rings. The van der Waals surface area contributed by atoms with Crippen LogP contribution < -0.4 is 0 Å². The van der Waals surface area contributed by atoms with E-state index in [0.717, 1.165) is 12.1 Å². The summed E-state index contributed by atoms with van der Waals surface area (Å²) in [4.78, 5) is 10.3. The second-order valence-electron chi connectivity index (χ2n) is 2.11. The zero-order valence-corrected chi connectivity index (χ0v) is 7.91. The molecule has 0 aliphatic rings. The molecule has 0 atom stereocenters. The standard InChI is InChI=1S/C8H4FNO2.C2H6/c9-7-3-5(4-10)1-2-6(7)8(11)12;1-2/h1-3H,(H,11,12);1-2H3. The Balaban J connectivity index is 0.000000791. The van der Waals surface area contributed by atoms with Gasteiger partial charge in [0.05, 0.1) is 17.2 Å². The monoisotopic (exact) mass is 195 g/mol. The van der Waals surface area contributed by atoms with Gasteiger partial charge in [-0.2, -0.15) is 5.26 Å². The number of rotatable bonds is 1. The van der Waals surface area contributed by atoms with Gasteiger partial charge >= 0.3 is 5.97 Å². The molecule has 0 bridgehead atoms. The van der Waals surface area contributed by atoms with Crippen molar-refractivity contribution in [1.29, 1.82) is 5.26 Å². The van der Waals surface area contributed by atoms with E-state index in [2.05, 4.69) is 0 Å². The van der Waals surface area contributed by atoms with Crippen LogP contribution in [-0.4, -0.2) is 11.1 Å². The van der Waals surface area contributed by atoms with E-state index in [1.54, 1.807) is 6.07 Å². The maximum atomic E-state index is 12.8. The Labute approximate surface area is 81.4 Å². The van der Waals surface area contributed by atoms with E-state index in [1.807, 2.05) is 13.8 Å². The number of aromatic carboxylic acids is 1. The maximum absolute atomic E-state index is 12.8. The van der Waals surface area contributed by atoms with Gasteiger partial charge in [-0.1, -0.05) is 13.8 Å². The van der Waals surface area contributed by atoms with Gasteiger partial charge in [-0.3, -0.25) is 0 Å². The topological polar surface area (TPSA) is 61.1 Å². The van der Waals surface area contributed by atoms with Crippen LogP contribution in [0.25, 0.3) is 0 Å². The highest BCUT2D eigenvalue weighted by Gasteiger charge is 2.09. The van der Waals surface area contributed by atoms with Crippen LogP contribution in [0.15, 0.2) is 18.2 Å². The SMILES string of the molecule is CC.N#Cc1ccc(C(=O)O)c(F)c1. The minimum absolute atomic E-state index is 0.109. The highest BCUT2D eigenvalue weighted by Crippen LogP contribution is 2.09. The number of halogens is 1. The van der Waals surface area contributed by atoms with Gasteiger partial charge in [0.1, 0.15) is 5.82 Å². The third-order valence-corrected chi connectivity index (χ3v) is 1.33. The van der Waals surface area contributed by atoms with E-state index in [4.69, 9.17) is 10.4 Å². The Morgan fingerprint density at radius 1 is 1.50 bits per heavy atom. The van der Waals surface area contributed by atoms with E-state index in [9.17, 15) is 9.18 Å². The first-order valence-electron chi connectivity index (χ1n) is 4.08. The molecule has 0 saturated heterocycles. The van der Waals surface area contributed by atoms with Gasteiger partial charge in [-0.25, -0.2) is 9.18 Å². The predicted octanol–water partition coefficient (Wildman–Crippen LogP) is 2.42. The van der Waals surface area contributed by atoms with Crippen molar-refractivity contribution in [2.24, 2.45) is 0 Å². The first kappa shape index (κ1) is 12.1. The first-order valence-corrected chi connectivity index (χ1v) is 4.08. The Bertz CT molecular complexity index is 369. The maximum Gasteiger partial charge on any atom is 0.338 e. The molecule has 0 amide bonds. The summed E-state index contributed by atoms with van der Waals surface area (Å²) in [5, 5.41) is 16.7. The van der Waals surface area contributed by atoms with E-state index in [1.165, 1.54) is 6.07 Å². The van der Waals surface area contributed by atoms with Crippen LogP contribution in [0.3, 0.4) is 0 Å². The second-order valence-corrected chi connectivity index (χ2v) is 2.11. The zero-order valence-electron chi connectivity index (χ0n) is 7.91. The van der Waals surface area contributed by atoms with E-state index < -0.39 is 17.3 Å². The summed E-state index contributed by atoms with van der Waals surface area (Å²) in [7, 11) is 0. The molecule has 0 spiro atoms. The highest BCUT2D eigenvalue weighted by molar-refractivity contribution is 5.88. The van der Waals surface area contributed by atoms with E-state index in [-0.39, 0.29) is 5.56 Å². The van der Waals surface area contributed by atoms with Gasteiger partial charge in [0.25, 0.3) is 0 Å². The molecule has 0 aliphatic heterocycles. The van der Waals surface area contributed by atoms with Gasteiger partial charge in [0.2, 0.25) is 0 Å². The smallest absolute Gasteiger partial charge is 0.338 e. The van der Waals surface area contributed by atoms with Crippen molar-refractivity contribution in [2.45, 2.75) is 13.8 Å². The second kappa shape index (κ2) is 5.70. The zero-order chi connectivity index (χ0) is 11.1. The fraction of sp³-hybridized carbons (Fsp3) is 0.200. The number of benzene rings is 1. The Hall–Kier alpha value is -1.89. The van der Waals surface area contributed by atoms with Crippen molar-refractivity contribution in [1.82, 2.24) is 0 Å². The molecule has 1 aromatic carbocycles. The molecule has 0 aliphatic carbocycles. The van der Waals surface area contributed by atoms with Crippen LogP contribution in [-0.2, 0) is 0 Å². The van der Waals surface area contributed by atoms with Crippen LogP contribution in [0.5, 0.6) is 0 Å². The summed E-state index contributed by atoms with van der Waals surface area (Å²) in [6, 6.07) is 4.92. The lowest BCUT2D eigenvalue weighted by Gasteiger charge is -1.95. The summed E-state index contributed by atoms with van der Waals surface area (Å²) in [5.41, 5.74) is -0.313. The lowest BCUT2D eigenvalue weighted by molar-refractivity contribution is 0.0692. The van der Waals surface area contributed by atoms with Crippen molar-refractivity contribution in [2.75, 3.05) is 0 Å². The highest BCUT2D eigenvalue weighted by atomic mass is 19.1. The molecule has 3 nitrogen and oxygen atoms in total. The molecular weight excluding hydrogens is 185 g/mol. The van der Waals surface area contributed by atoms with E-state index >= 15 is 0 Å². The molecule has 74 valence electrons. The lowest BCUT2D eigenvalue weighted by Crippen LogP contribution is -2.00. The molecule has 0 fully saturated rings. The Morgan fingerprint density at radius 3 is 2.43 bits per heavy atom. The number of nitrogens with zero attached hydrogens (tertiary/aromatic N) is 1. The Morgan fingerprint density at radius 2 is 2.07 bits per heavy atom. The minimum atomic E-state index is -1.34. The molecule has 0 heterocycles. The summed E-state index contributed by atoms with van der Waals surface area (Å²) in [5.74, 6) is -2.22. The van der Waals surface area contributed by atoms with Gasteiger partial charge in [0, 0.05) is 0 Å². The number of carboxylic acids is 1. The van der Waals surface area contributed by atoms with Crippen LogP contribution in [0.1, 0.15) is 29.8 Å². The molecule has 1 N–H and O–H groups in total. The van der Waals surface area contributed by atoms with Crippen molar-refractivity contribution < 1.29 is 14.3 Å². The van der Waals surface area contributed by atoms with Crippen LogP contribution in [0, 0.1) is 17.1 Å². The largest absolute Gasteiger partial charge is 0.478 e. The molecule has 1 rings (SSSR count). The van der Waals surface area contributed by atoms with Gasteiger partial charge in [-0.05, 0) is 18.2 Å². The summed E-state index contributed by atoms with van der Waals surface area (Å²) in [6.45, 7) is 4.00. The minimum Gasteiger partial charge on any atom is -0.478 e. The van der Waals surface area contributed by atoms with Crippen LogP contribution in [0.2, 0.25) is 0 Å². The average molecular weight is 195 g/mol.